The van der Waals surface area contributed by atoms with Crippen LogP contribution < -0.4 is 10.1 Å². The summed E-state index contributed by atoms with van der Waals surface area (Å²) in [7, 11) is 3.29. The van der Waals surface area contributed by atoms with Crippen molar-refractivity contribution in [1.29, 1.82) is 0 Å². The van der Waals surface area contributed by atoms with Gasteiger partial charge in [0, 0.05) is 13.5 Å². The summed E-state index contributed by atoms with van der Waals surface area (Å²) in [4.78, 5) is 11.2. The normalized spacial score (nSPS) is 11.9. The third kappa shape index (κ3) is 3.27. The molecule has 0 aromatic heterocycles. The van der Waals surface area contributed by atoms with Crippen LogP contribution in [0.3, 0.4) is 0 Å². The minimum atomic E-state index is 0.0605. The molecule has 3 heteroatoms. The summed E-state index contributed by atoms with van der Waals surface area (Å²) in [5.41, 5.74) is 1.12. The number of amides is 1. The van der Waals surface area contributed by atoms with Gasteiger partial charge in [0.25, 0.3) is 0 Å². The topological polar surface area (TPSA) is 38.3 Å². The molecular weight excluding hydrogens is 190 g/mol. The molecule has 82 valence electrons. The largest absolute Gasteiger partial charge is 0.497 e. The number of carbonyl (C=O) groups excluding carboxylic acids is 1. The summed E-state index contributed by atoms with van der Waals surface area (Å²) in [5.74, 6) is 1.10. The molecule has 1 atom stereocenters. The van der Waals surface area contributed by atoms with Crippen molar-refractivity contribution in [1.82, 2.24) is 5.32 Å². The van der Waals surface area contributed by atoms with E-state index in [2.05, 4.69) is 5.32 Å². The van der Waals surface area contributed by atoms with Gasteiger partial charge in [-0.3, -0.25) is 4.79 Å². The molecule has 0 heterocycles. The van der Waals surface area contributed by atoms with Crippen LogP contribution in [0.1, 0.15) is 24.8 Å². The number of nitrogens with one attached hydrogen (secondary N) is 1. The lowest BCUT2D eigenvalue weighted by Gasteiger charge is -2.11. The summed E-state index contributed by atoms with van der Waals surface area (Å²) >= 11 is 0. The molecule has 0 bridgehead atoms. The van der Waals surface area contributed by atoms with Gasteiger partial charge in [0.15, 0.2) is 0 Å². The Morgan fingerprint density at radius 3 is 2.87 bits per heavy atom. The van der Waals surface area contributed by atoms with Crippen molar-refractivity contribution in [3.05, 3.63) is 29.8 Å². The van der Waals surface area contributed by atoms with E-state index in [4.69, 9.17) is 4.74 Å². The lowest BCUT2D eigenvalue weighted by atomic mass is 9.97. The number of methoxy groups -OCH3 is 1. The second-order valence-electron chi connectivity index (χ2n) is 3.55. The molecule has 1 N–H and O–H groups in total. The summed E-state index contributed by atoms with van der Waals surface area (Å²) in [5, 5.41) is 2.62. The molecule has 15 heavy (non-hydrogen) atoms. The number of benzene rings is 1. The zero-order valence-electron chi connectivity index (χ0n) is 9.41. The Hall–Kier alpha value is -1.51. The molecule has 1 aromatic carbocycles. The average Bonchev–Trinajstić information content (AvgIpc) is 2.28. The van der Waals surface area contributed by atoms with Crippen molar-refractivity contribution in [3.8, 4) is 5.75 Å². The minimum absolute atomic E-state index is 0.0605. The molecule has 0 unspecified atom stereocenters. The van der Waals surface area contributed by atoms with Crippen molar-refractivity contribution in [2.75, 3.05) is 14.2 Å². The fourth-order valence-corrected chi connectivity index (χ4v) is 1.45. The number of carbonyl (C=O) groups is 1. The SMILES string of the molecule is CNC(=O)C[C@H](C)c1cccc(OC)c1. The predicted molar refractivity (Wildman–Crippen MR) is 60.1 cm³/mol. The molecule has 0 spiro atoms. The van der Waals surface area contributed by atoms with E-state index in [0.29, 0.717) is 6.42 Å². The summed E-state index contributed by atoms with van der Waals surface area (Å²) < 4.78 is 5.14. The monoisotopic (exact) mass is 207 g/mol. The van der Waals surface area contributed by atoms with Crippen molar-refractivity contribution in [2.24, 2.45) is 0 Å². The van der Waals surface area contributed by atoms with Crippen LogP contribution in [0.2, 0.25) is 0 Å². The van der Waals surface area contributed by atoms with Gasteiger partial charge in [-0.05, 0) is 23.6 Å². The first kappa shape index (κ1) is 11.6. The molecule has 0 aliphatic rings. The van der Waals surface area contributed by atoms with Gasteiger partial charge in [0.2, 0.25) is 5.91 Å². The van der Waals surface area contributed by atoms with Gasteiger partial charge in [-0.2, -0.15) is 0 Å². The van der Waals surface area contributed by atoms with Crippen LogP contribution in [-0.4, -0.2) is 20.1 Å². The van der Waals surface area contributed by atoms with E-state index in [1.54, 1.807) is 14.2 Å². The first-order valence-electron chi connectivity index (χ1n) is 5.02. The Kier molecular flexibility index (Phi) is 4.16. The molecule has 1 rings (SSSR count). The number of ether oxygens (including phenoxy) is 1. The number of rotatable bonds is 4. The minimum Gasteiger partial charge on any atom is -0.497 e. The Labute approximate surface area is 90.4 Å². The molecular formula is C12H17NO2. The standard InChI is InChI=1S/C12H17NO2/c1-9(7-12(14)13-2)10-5-4-6-11(8-10)15-3/h4-6,8-9H,7H2,1-3H3,(H,13,14)/t9-/m0/s1. The van der Waals surface area contributed by atoms with E-state index in [-0.39, 0.29) is 11.8 Å². The molecule has 0 saturated heterocycles. The quantitative estimate of drug-likeness (QED) is 0.819. The smallest absolute Gasteiger partial charge is 0.220 e. The summed E-state index contributed by atoms with van der Waals surface area (Å²) in [6.07, 6.45) is 0.504. The van der Waals surface area contributed by atoms with E-state index in [0.717, 1.165) is 11.3 Å². The maximum absolute atomic E-state index is 11.2. The van der Waals surface area contributed by atoms with E-state index < -0.39 is 0 Å². The van der Waals surface area contributed by atoms with Gasteiger partial charge < -0.3 is 10.1 Å². The van der Waals surface area contributed by atoms with Crippen LogP contribution >= 0.6 is 0 Å². The molecule has 0 fully saturated rings. The van der Waals surface area contributed by atoms with Crippen molar-refractivity contribution in [2.45, 2.75) is 19.3 Å². The van der Waals surface area contributed by atoms with Gasteiger partial charge in [0.05, 0.1) is 7.11 Å². The third-order valence-corrected chi connectivity index (χ3v) is 2.43. The molecule has 1 amide bonds. The highest BCUT2D eigenvalue weighted by Gasteiger charge is 2.10. The van der Waals surface area contributed by atoms with Crippen LogP contribution in [0.25, 0.3) is 0 Å². The van der Waals surface area contributed by atoms with E-state index in [9.17, 15) is 4.79 Å². The van der Waals surface area contributed by atoms with Crippen LogP contribution in [0.5, 0.6) is 5.75 Å². The van der Waals surface area contributed by atoms with Gasteiger partial charge in [0.1, 0.15) is 5.75 Å². The molecule has 1 aromatic rings. The zero-order valence-corrected chi connectivity index (χ0v) is 9.41. The van der Waals surface area contributed by atoms with Crippen LogP contribution in [0, 0.1) is 0 Å². The van der Waals surface area contributed by atoms with E-state index in [1.165, 1.54) is 0 Å². The second-order valence-corrected chi connectivity index (χ2v) is 3.55. The second kappa shape index (κ2) is 5.39. The van der Waals surface area contributed by atoms with Crippen molar-refractivity contribution >= 4 is 5.91 Å². The molecule has 0 saturated carbocycles. The Balaban J connectivity index is 2.72. The van der Waals surface area contributed by atoms with Crippen molar-refractivity contribution < 1.29 is 9.53 Å². The van der Waals surface area contributed by atoms with Crippen LogP contribution in [0.4, 0.5) is 0 Å². The van der Waals surface area contributed by atoms with Gasteiger partial charge >= 0.3 is 0 Å². The highest BCUT2D eigenvalue weighted by molar-refractivity contribution is 5.76. The summed E-state index contributed by atoms with van der Waals surface area (Å²) in [6.45, 7) is 2.03. The fraction of sp³-hybridized carbons (Fsp3) is 0.417. The Morgan fingerprint density at radius 1 is 1.53 bits per heavy atom. The first-order valence-corrected chi connectivity index (χ1v) is 5.02. The fourth-order valence-electron chi connectivity index (χ4n) is 1.45. The third-order valence-electron chi connectivity index (χ3n) is 2.43. The lowest BCUT2D eigenvalue weighted by Crippen LogP contribution is -2.19. The molecule has 0 radical (unpaired) electrons. The van der Waals surface area contributed by atoms with Crippen LogP contribution in [-0.2, 0) is 4.79 Å². The predicted octanol–water partition coefficient (Wildman–Crippen LogP) is 1.93. The molecule has 3 nitrogen and oxygen atoms in total. The van der Waals surface area contributed by atoms with E-state index in [1.807, 2.05) is 31.2 Å². The van der Waals surface area contributed by atoms with Gasteiger partial charge in [-0.1, -0.05) is 19.1 Å². The first-order chi connectivity index (χ1) is 7.17. The zero-order chi connectivity index (χ0) is 11.3. The van der Waals surface area contributed by atoms with Gasteiger partial charge in [-0.25, -0.2) is 0 Å². The van der Waals surface area contributed by atoms with Crippen molar-refractivity contribution in [3.63, 3.8) is 0 Å². The molecule has 0 aliphatic heterocycles. The Bertz CT molecular complexity index is 336. The average molecular weight is 207 g/mol. The van der Waals surface area contributed by atoms with E-state index >= 15 is 0 Å². The summed E-state index contributed by atoms with van der Waals surface area (Å²) in [6, 6.07) is 7.81. The highest BCUT2D eigenvalue weighted by atomic mass is 16.5. The lowest BCUT2D eigenvalue weighted by molar-refractivity contribution is -0.120. The van der Waals surface area contributed by atoms with Crippen LogP contribution in [0.15, 0.2) is 24.3 Å². The highest BCUT2D eigenvalue weighted by Crippen LogP contribution is 2.22. The number of hydrogen-bond donors (Lipinski definition) is 1. The number of hydrogen-bond acceptors (Lipinski definition) is 2. The maximum atomic E-state index is 11.2. The maximum Gasteiger partial charge on any atom is 0.220 e. The Morgan fingerprint density at radius 2 is 2.27 bits per heavy atom. The van der Waals surface area contributed by atoms with Gasteiger partial charge in [-0.15, -0.1) is 0 Å². The molecule has 0 aliphatic carbocycles.